The van der Waals surface area contributed by atoms with E-state index < -0.39 is 0 Å². The molecule has 0 aromatic carbocycles. The van der Waals surface area contributed by atoms with Gasteiger partial charge in [0.2, 0.25) is 0 Å². The van der Waals surface area contributed by atoms with Crippen molar-refractivity contribution in [3.8, 4) is 0 Å². The van der Waals surface area contributed by atoms with Gasteiger partial charge in [-0.2, -0.15) is 0 Å². The van der Waals surface area contributed by atoms with Crippen molar-refractivity contribution in [2.45, 2.75) is 83.0 Å². The molecule has 19 heavy (non-hydrogen) atoms. The zero-order valence-corrected chi connectivity index (χ0v) is 12.7. The second kappa shape index (κ2) is 7.05. The van der Waals surface area contributed by atoms with Gasteiger partial charge in [-0.25, -0.2) is 0 Å². The van der Waals surface area contributed by atoms with Gasteiger partial charge in [0.05, 0.1) is 11.7 Å². The summed E-state index contributed by atoms with van der Waals surface area (Å²) in [6.07, 6.45) is 10.4. The molecule has 0 radical (unpaired) electrons. The molecule has 0 bridgehead atoms. The summed E-state index contributed by atoms with van der Waals surface area (Å²) in [5, 5.41) is 9.00. The molecular weight excluding hydrogens is 238 g/mol. The molecule has 1 unspecified atom stereocenters. The maximum atomic E-state index is 9.00. The largest absolute Gasteiger partial charge is 0.396 e. The number of hydrogen-bond acceptors (Lipinski definition) is 3. The first-order valence-electron chi connectivity index (χ1n) is 8.18. The smallest absolute Gasteiger partial charge is 0.0710 e. The number of aliphatic hydroxyl groups is 1. The van der Waals surface area contributed by atoms with Crippen LogP contribution in [0, 0.1) is 0 Å². The number of ether oxygens (including phenoxy) is 1. The maximum absolute atomic E-state index is 9.00. The molecule has 2 rings (SSSR count). The SMILES string of the molecule is CC(C)N(CCCO)CC1CCC2(CCCCC2)O1. The molecule has 1 aliphatic heterocycles. The van der Waals surface area contributed by atoms with Gasteiger partial charge in [0.1, 0.15) is 0 Å². The second-order valence-electron chi connectivity index (χ2n) is 6.69. The Balaban J connectivity index is 1.82. The van der Waals surface area contributed by atoms with E-state index in [4.69, 9.17) is 9.84 Å². The number of nitrogens with zero attached hydrogens (tertiary/aromatic N) is 1. The Morgan fingerprint density at radius 3 is 2.58 bits per heavy atom. The average Bonchev–Trinajstić information content (AvgIpc) is 2.78. The molecule has 0 aromatic heterocycles. The zero-order chi connectivity index (χ0) is 13.7. The Hall–Kier alpha value is -0.120. The van der Waals surface area contributed by atoms with Crippen molar-refractivity contribution in [1.29, 1.82) is 0 Å². The van der Waals surface area contributed by atoms with Crippen molar-refractivity contribution in [2.24, 2.45) is 0 Å². The van der Waals surface area contributed by atoms with Crippen LogP contribution in [0.3, 0.4) is 0 Å². The van der Waals surface area contributed by atoms with Crippen LogP contribution >= 0.6 is 0 Å². The van der Waals surface area contributed by atoms with Gasteiger partial charge in [0.15, 0.2) is 0 Å². The minimum Gasteiger partial charge on any atom is -0.396 e. The van der Waals surface area contributed by atoms with E-state index in [9.17, 15) is 0 Å². The predicted octanol–water partition coefficient (Wildman–Crippen LogP) is 2.96. The van der Waals surface area contributed by atoms with E-state index in [2.05, 4.69) is 18.7 Å². The topological polar surface area (TPSA) is 32.7 Å². The fourth-order valence-electron chi connectivity index (χ4n) is 3.68. The monoisotopic (exact) mass is 269 g/mol. The van der Waals surface area contributed by atoms with Crippen LogP contribution in [0.2, 0.25) is 0 Å². The first-order valence-corrected chi connectivity index (χ1v) is 8.18. The van der Waals surface area contributed by atoms with Crippen LogP contribution in [0.5, 0.6) is 0 Å². The lowest BCUT2D eigenvalue weighted by molar-refractivity contribution is -0.0741. The van der Waals surface area contributed by atoms with Gasteiger partial charge in [0, 0.05) is 25.7 Å². The van der Waals surface area contributed by atoms with E-state index in [0.29, 0.717) is 18.8 Å². The predicted molar refractivity (Wildman–Crippen MR) is 78.3 cm³/mol. The molecule has 1 aliphatic carbocycles. The molecule has 1 spiro atoms. The lowest BCUT2D eigenvalue weighted by atomic mass is 9.83. The Labute approximate surface area is 118 Å². The molecule has 0 aromatic rings. The molecule has 1 heterocycles. The third-order valence-corrected chi connectivity index (χ3v) is 4.88. The number of rotatable bonds is 6. The third-order valence-electron chi connectivity index (χ3n) is 4.88. The van der Waals surface area contributed by atoms with E-state index in [-0.39, 0.29) is 5.60 Å². The van der Waals surface area contributed by atoms with Crippen LogP contribution in [-0.4, -0.2) is 47.4 Å². The first-order chi connectivity index (χ1) is 9.15. The molecular formula is C16H31NO2. The summed E-state index contributed by atoms with van der Waals surface area (Å²) in [7, 11) is 0. The van der Waals surface area contributed by atoms with Crippen molar-refractivity contribution >= 4 is 0 Å². The van der Waals surface area contributed by atoms with E-state index in [1.807, 2.05) is 0 Å². The highest BCUT2D eigenvalue weighted by atomic mass is 16.5. The molecule has 1 saturated carbocycles. The molecule has 1 N–H and O–H groups in total. The van der Waals surface area contributed by atoms with Crippen LogP contribution in [0.15, 0.2) is 0 Å². The third kappa shape index (κ3) is 4.17. The van der Waals surface area contributed by atoms with Gasteiger partial charge in [-0.3, -0.25) is 4.90 Å². The van der Waals surface area contributed by atoms with Gasteiger partial charge >= 0.3 is 0 Å². The lowest BCUT2D eigenvalue weighted by Gasteiger charge is -2.35. The molecule has 1 saturated heterocycles. The summed E-state index contributed by atoms with van der Waals surface area (Å²) in [5.41, 5.74) is 0.239. The second-order valence-corrected chi connectivity index (χ2v) is 6.69. The Kier molecular flexibility index (Phi) is 5.67. The minimum atomic E-state index is 0.239. The zero-order valence-electron chi connectivity index (χ0n) is 12.7. The first kappa shape index (κ1) is 15.3. The summed E-state index contributed by atoms with van der Waals surface area (Å²) < 4.78 is 6.45. The number of aliphatic hydroxyl groups excluding tert-OH is 1. The van der Waals surface area contributed by atoms with Crippen LogP contribution in [0.25, 0.3) is 0 Å². The van der Waals surface area contributed by atoms with Crippen LogP contribution in [-0.2, 0) is 4.74 Å². The summed E-state index contributed by atoms with van der Waals surface area (Å²) in [5.74, 6) is 0. The van der Waals surface area contributed by atoms with E-state index in [0.717, 1.165) is 19.5 Å². The van der Waals surface area contributed by atoms with Crippen LogP contribution in [0.4, 0.5) is 0 Å². The highest BCUT2D eigenvalue weighted by molar-refractivity contribution is 4.92. The molecule has 1 atom stereocenters. The summed E-state index contributed by atoms with van der Waals surface area (Å²) >= 11 is 0. The normalized spacial score (nSPS) is 26.7. The summed E-state index contributed by atoms with van der Waals surface area (Å²) in [6, 6.07) is 0.540. The van der Waals surface area contributed by atoms with Crippen molar-refractivity contribution in [1.82, 2.24) is 4.90 Å². The maximum Gasteiger partial charge on any atom is 0.0710 e. The van der Waals surface area contributed by atoms with E-state index >= 15 is 0 Å². The van der Waals surface area contributed by atoms with Crippen molar-refractivity contribution in [3.63, 3.8) is 0 Å². The minimum absolute atomic E-state index is 0.239. The summed E-state index contributed by atoms with van der Waals surface area (Å²) in [6.45, 7) is 6.80. The molecule has 0 amide bonds. The van der Waals surface area contributed by atoms with Crippen molar-refractivity contribution in [3.05, 3.63) is 0 Å². The Bertz CT molecular complexity index is 261. The highest BCUT2D eigenvalue weighted by Crippen LogP contribution is 2.42. The molecule has 2 aliphatic rings. The molecule has 2 fully saturated rings. The molecule has 3 nitrogen and oxygen atoms in total. The lowest BCUT2D eigenvalue weighted by Crippen LogP contribution is -2.40. The number of hydrogen-bond donors (Lipinski definition) is 1. The fraction of sp³-hybridized carbons (Fsp3) is 1.00. The molecule has 3 heteroatoms. The highest BCUT2D eigenvalue weighted by Gasteiger charge is 2.41. The Morgan fingerprint density at radius 2 is 1.95 bits per heavy atom. The van der Waals surface area contributed by atoms with Crippen molar-refractivity contribution < 1.29 is 9.84 Å². The standard InChI is InChI=1S/C16H31NO2/c1-14(2)17(11-6-12-18)13-15-7-10-16(19-15)8-4-3-5-9-16/h14-15,18H,3-13H2,1-2H3. The van der Waals surface area contributed by atoms with Gasteiger partial charge in [0.25, 0.3) is 0 Å². The van der Waals surface area contributed by atoms with E-state index in [1.165, 1.54) is 44.9 Å². The van der Waals surface area contributed by atoms with Gasteiger partial charge < -0.3 is 9.84 Å². The quantitative estimate of drug-likeness (QED) is 0.804. The van der Waals surface area contributed by atoms with Gasteiger partial charge in [-0.15, -0.1) is 0 Å². The van der Waals surface area contributed by atoms with Crippen molar-refractivity contribution in [2.75, 3.05) is 19.7 Å². The van der Waals surface area contributed by atoms with Crippen LogP contribution in [0.1, 0.15) is 65.2 Å². The van der Waals surface area contributed by atoms with Gasteiger partial charge in [-0.05, 0) is 46.0 Å². The average molecular weight is 269 g/mol. The van der Waals surface area contributed by atoms with Crippen LogP contribution < -0.4 is 0 Å². The van der Waals surface area contributed by atoms with Gasteiger partial charge in [-0.1, -0.05) is 19.3 Å². The molecule has 112 valence electrons. The van der Waals surface area contributed by atoms with E-state index in [1.54, 1.807) is 0 Å². The summed E-state index contributed by atoms with van der Waals surface area (Å²) in [4.78, 5) is 2.46. The Morgan fingerprint density at radius 1 is 1.21 bits per heavy atom. The fourth-order valence-corrected chi connectivity index (χ4v) is 3.68.